The lowest BCUT2D eigenvalue weighted by molar-refractivity contribution is -0.148. The molecule has 2 aliphatic heterocycles. The van der Waals surface area contributed by atoms with Crippen molar-refractivity contribution in [1.82, 2.24) is 4.90 Å². The standard InChI is InChI=1S/C8H10N2O4S/c1-14-3-2-15-7-4(9)6(11)10(7)5(3)8(12)13/h4,7H,2,9H2,1H3,(H,12,13)/t4-,7+/m1/s1. The van der Waals surface area contributed by atoms with Gasteiger partial charge in [-0.2, -0.15) is 0 Å². The molecule has 2 heterocycles. The minimum absolute atomic E-state index is 0.0760. The van der Waals surface area contributed by atoms with E-state index in [1.807, 2.05) is 0 Å². The van der Waals surface area contributed by atoms with Crippen molar-refractivity contribution in [3.05, 3.63) is 11.5 Å². The van der Waals surface area contributed by atoms with Gasteiger partial charge < -0.3 is 15.6 Å². The third kappa shape index (κ3) is 1.30. The second-order valence-corrected chi connectivity index (χ2v) is 4.32. The molecule has 0 spiro atoms. The van der Waals surface area contributed by atoms with Gasteiger partial charge in [0.25, 0.3) is 0 Å². The molecule has 0 unspecified atom stereocenters. The van der Waals surface area contributed by atoms with Gasteiger partial charge in [-0.3, -0.25) is 9.69 Å². The third-order valence-electron chi connectivity index (χ3n) is 2.42. The summed E-state index contributed by atoms with van der Waals surface area (Å²) in [6.45, 7) is 0. The van der Waals surface area contributed by atoms with Crippen LogP contribution < -0.4 is 5.73 Å². The molecule has 0 saturated carbocycles. The fourth-order valence-electron chi connectivity index (χ4n) is 1.64. The number of thioether (sulfide) groups is 1. The van der Waals surface area contributed by atoms with E-state index in [9.17, 15) is 9.59 Å². The number of methoxy groups -OCH3 is 1. The van der Waals surface area contributed by atoms with Crippen LogP contribution in [0.25, 0.3) is 0 Å². The second kappa shape index (κ2) is 3.42. The predicted octanol–water partition coefficient (Wildman–Crippen LogP) is -0.829. The molecule has 82 valence electrons. The Morgan fingerprint density at radius 1 is 1.73 bits per heavy atom. The van der Waals surface area contributed by atoms with E-state index in [4.69, 9.17) is 15.6 Å². The number of β-lactam (4-membered cyclic amide) rings is 1. The van der Waals surface area contributed by atoms with Crippen LogP contribution in [-0.2, 0) is 14.3 Å². The van der Waals surface area contributed by atoms with Crippen LogP contribution in [0.5, 0.6) is 0 Å². The number of carboxylic acids is 1. The van der Waals surface area contributed by atoms with Crippen molar-refractivity contribution in [1.29, 1.82) is 0 Å². The molecule has 7 heteroatoms. The summed E-state index contributed by atoms with van der Waals surface area (Å²) >= 11 is 1.41. The molecule has 6 nitrogen and oxygen atoms in total. The molecule has 3 N–H and O–H groups in total. The van der Waals surface area contributed by atoms with Crippen LogP contribution >= 0.6 is 11.8 Å². The lowest BCUT2D eigenvalue weighted by atomic mass is 10.1. The van der Waals surface area contributed by atoms with E-state index in [1.165, 1.54) is 23.8 Å². The zero-order chi connectivity index (χ0) is 11.2. The number of nitrogens with two attached hydrogens (primary N) is 1. The number of amides is 1. The van der Waals surface area contributed by atoms with Crippen molar-refractivity contribution in [2.45, 2.75) is 11.4 Å². The monoisotopic (exact) mass is 230 g/mol. The van der Waals surface area contributed by atoms with Crippen molar-refractivity contribution in [2.24, 2.45) is 5.73 Å². The third-order valence-corrected chi connectivity index (χ3v) is 3.70. The van der Waals surface area contributed by atoms with Gasteiger partial charge >= 0.3 is 5.97 Å². The van der Waals surface area contributed by atoms with Gasteiger partial charge in [0.1, 0.15) is 17.2 Å². The number of hydrogen-bond acceptors (Lipinski definition) is 5. The summed E-state index contributed by atoms with van der Waals surface area (Å²) in [5.74, 6) is -0.777. The predicted molar refractivity (Wildman–Crippen MR) is 52.7 cm³/mol. The average molecular weight is 230 g/mol. The quantitative estimate of drug-likeness (QED) is 0.601. The van der Waals surface area contributed by atoms with Crippen molar-refractivity contribution >= 4 is 23.6 Å². The molecular formula is C8H10N2O4S. The highest BCUT2D eigenvalue weighted by Crippen LogP contribution is 2.39. The van der Waals surface area contributed by atoms with Gasteiger partial charge in [0.2, 0.25) is 5.91 Å². The summed E-state index contributed by atoms with van der Waals surface area (Å²) in [4.78, 5) is 23.6. The minimum Gasteiger partial charge on any atom is -0.498 e. The number of hydrogen-bond donors (Lipinski definition) is 2. The minimum atomic E-state index is -1.16. The van der Waals surface area contributed by atoms with Gasteiger partial charge in [-0.25, -0.2) is 4.79 Å². The number of ether oxygens (including phenoxy) is 1. The lowest BCUT2D eigenvalue weighted by Gasteiger charge is -2.47. The Kier molecular flexibility index (Phi) is 2.35. The van der Waals surface area contributed by atoms with Crippen LogP contribution in [0.4, 0.5) is 0 Å². The van der Waals surface area contributed by atoms with Crippen LogP contribution in [0, 0.1) is 0 Å². The van der Waals surface area contributed by atoms with E-state index < -0.39 is 12.0 Å². The van der Waals surface area contributed by atoms with Crippen LogP contribution in [-0.4, -0.2) is 46.2 Å². The lowest BCUT2D eigenvalue weighted by Crippen LogP contribution is -2.68. The summed E-state index contributed by atoms with van der Waals surface area (Å²) in [5.41, 5.74) is 5.48. The number of carboxylic acid groups (broad SMARTS) is 1. The van der Waals surface area contributed by atoms with Gasteiger partial charge in [-0.05, 0) is 0 Å². The van der Waals surface area contributed by atoms with Crippen molar-refractivity contribution < 1.29 is 19.4 Å². The Morgan fingerprint density at radius 2 is 2.40 bits per heavy atom. The SMILES string of the molecule is COC1=C(C(=O)O)N2C(=O)[C@@H](N)[C@@H]2SC1. The fraction of sp³-hybridized carbons (Fsp3) is 0.500. The average Bonchev–Trinajstić information content (AvgIpc) is 2.25. The Labute approximate surface area is 90.0 Å². The van der Waals surface area contributed by atoms with Gasteiger partial charge in [0.05, 0.1) is 12.9 Å². The smallest absolute Gasteiger partial charge is 0.356 e. The molecule has 2 rings (SSSR count). The van der Waals surface area contributed by atoms with Gasteiger partial charge in [-0.1, -0.05) is 0 Å². The molecule has 1 amide bonds. The first-order valence-corrected chi connectivity index (χ1v) is 5.33. The molecule has 15 heavy (non-hydrogen) atoms. The number of rotatable bonds is 2. The molecule has 0 aliphatic carbocycles. The maximum atomic E-state index is 11.4. The maximum absolute atomic E-state index is 11.4. The number of fused-ring (bicyclic) bond motifs is 1. The highest BCUT2D eigenvalue weighted by molar-refractivity contribution is 8.00. The van der Waals surface area contributed by atoms with Crippen molar-refractivity contribution in [2.75, 3.05) is 12.9 Å². The van der Waals surface area contributed by atoms with E-state index in [2.05, 4.69) is 0 Å². The van der Waals surface area contributed by atoms with E-state index in [-0.39, 0.29) is 17.0 Å². The van der Waals surface area contributed by atoms with Crippen LogP contribution in [0.2, 0.25) is 0 Å². The molecule has 1 fully saturated rings. The van der Waals surface area contributed by atoms with E-state index >= 15 is 0 Å². The summed E-state index contributed by atoms with van der Waals surface area (Å²) in [6, 6.07) is -0.595. The fourth-order valence-corrected chi connectivity index (χ4v) is 2.90. The molecule has 1 saturated heterocycles. The van der Waals surface area contributed by atoms with Crippen molar-refractivity contribution in [3.8, 4) is 0 Å². The first-order valence-electron chi connectivity index (χ1n) is 4.28. The van der Waals surface area contributed by atoms with Crippen LogP contribution in [0.1, 0.15) is 0 Å². The zero-order valence-corrected chi connectivity index (χ0v) is 8.78. The number of nitrogens with zero attached hydrogens (tertiary/aromatic N) is 1. The highest BCUT2D eigenvalue weighted by atomic mass is 32.2. The summed E-state index contributed by atoms with van der Waals surface area (Å²) in [6.07, 6.45) is 0. The number of carbonyl (C=O) groups excluding carboxylic acids is 1. The summed E-state index contributed by atoms with van der Waals surface area (Å²) < 4.78 is 4.94. The topological polar surface area (TPSA) is 92.9 Å². The number of carbonyl (C=O) groups is 2. The second-order valence-electron chi connectivity index (χ2n) is 3.22. The van der Waals surface area contributed by atoms with Crippen LogP contribution in [0.15, 0.2) is 11.5 Å². The molecule has 0 radical (unpaired) electrons. The largest absolute Gasteiger partial charge is 0.498 e. The molecule has 2 aliphatic rings. The Morgan fingerprint density at radius 3 is 2.93 bits per heavy atom. The maximum Gasteiger partial charge on any atom is 0.356 e. The van der Waals surface area contributed by atoms with Crippen molar-refractivity contribution in [3.63, 3.8) is 0 Å². The Bertz CT molecular complexity index is 368. The molecular weight excluding hydrogens is 220 g/mol. The van der Waals surface area contributed by atoms with Gasteiger partial charge in [-0.15, -0.1) is 11.8 Å². The summed E-state index contributed by atoms with van der Waals surface area (Å²) in [7, 11) is 1.39. The Hall–Kier alpha value is -1.21. The number of aliphatic carboxylic acids is 1. The van der Waals surface area contributed by atoms with Crippen LogP contribution in [0.3, 0.4) is 0 Å². The molecule has 0 aromatic carbocycles. The van der Waals surface area contributed by atoms with E-state index in [1.54, 1.807) is 0 Å². The van der Waals surface area contributed by atoms with Gasteiger partial charge in [0, 0.05) is 0 Å². The first kappa shape index (κ1) is 10.3. The first-order chi connectivity index (χ1) is 7.07. The van der Waals surface area contributed by atoms with E-state index in [0.29, 0.717) is 11.5 Å². The summed E-state index contributed by atoms with van der Waals surface area (Å²) in [5, 5.41) is 8.72. The molecule has 0 bridgehead atoms. The van der Waals surface area contributed by atoms with Gasteiger partial charge in [0.15, 0.2) is 5.70 Å². The highest BCUT2D eigenvalue weighted by Gasteiger charge is 2.52. The molecule has 2 atom stereocenters. The Balaban J connectivity index is 2.38. The van der Waals surface area contributed by atoms with E-state index in [0.717, 1.165) is 0 Å². The zero-order valence-electron chi connectivity index (χ0n) is 7.97. The molecule has 0 aromatic heterocycles. The normalized spacial score (nSPS) is 29.7. The molecule has 0 aromatic rings.